The molecule has 0 aliphatic carbocycles. The summed E-state index contributed by atoms with van der Waals surface area (Å²) in [6.45, 7) is 4.67. The van der Waals surface area contributed by atoms with Crippen molar-refractivity contribution in [2.24, 2.45) is 5.92 Å². The lowest BCUT2D eigenvalue weighted by Crippen LogP contribution is -2.51. The second-order valence-corrected chi connectivity index (χ2v) is 5.82. The van der Waals surface area contributed by atoms with Crippen LogP contribution in [0.15, 0.2) is 23.8 Å². The van der Waals surface area contributed by atoms with E-state index in [4.69, 9.17) is 21.7 Å². The van der Waals surface area contributed by atoms with E-state index in [1.165, 1.54) is 13.2 Å². The monoisotopic (exact) mass is 334 g/mol. The third kappa shape index (κ3) is 4.29. The van der Waals surface area contributed by atoms with Crippen molar-refractivity contribution in [1.82, 2.24) is 10.6 Å². The summed E-state index contributed by atoms with van der Waals surface area (Å²) >= 11 is 4.76. The highest BCUT2D eigenvalue weighted by molar-refractivity contribution is 7.80. The molecule has 6 nitrogen and oxygen atoms in total. The fourth-order valence-electron chi connectivity index (χ4n) is 1.92. The lowest BCUT2D eigenvalue weighted by Gasteiger charge is -2.16. The van der Waals surface area contributed by atoms with E-state index < -0.39 is 11.8 Å². The fourth-order valence-corrected chi connectivity index (χ4v) is 2.11. The van der Waals surface area contributed by atoms with Gasteiger partial charge in [-0.25, -0.2) is 0 Å². The molecule has 2 rings (SSSR count). The first-order valence-corrected chi connectivity index (χ1v) is 7.50. The van der Waals surface area contributed by atoms with Gasteiger partial charge in [-0.05, 0) is 41.9 Å². The van der Waals surface area contributed by atoms with Crippen molar-refractivity contribution >= 4 is 35.2 Å². The molecule has 23 heavy (non-hydrogen) atoms. The van der Waals surface area contributed by atoms with Crippen molar-refractivity contribution in [3.8, 4) is 11.5 Å². The van der Waals surface area contributed by atoms with Crippen LogP contribution in [0.3, 0.4) is 0 Å². The van der Waals surface area contributed by atoms with Crippen LogP contribution in [0, 0.1) is 5.92 Å². The van der Waals surface area contributed by atoms with E-state index in [1.807, 2.05) is 0 Å². The Hall–Kier alpha value is -2.41. The molecule has 0 atom stereocenters. The van der Waals surface area contributed by atoms with Crippen LogP contribution in [-0.2, 0) is 9.59 Å². The number of carbonyl (C=O) groups is 2. The van der Waals surface area contributed by atoms with Crippen molar-refractivity contribution in [2.75, 3.05) is 13.7 Å². The van der Waals surface area contributed by atoms with Gasteiger partial charge in [-0.1, -0.05) is 19.9 Å². The van der Waals surface area contributed by atoms with E-state index in [0.717, 1.165) is 0 Å². The summed E-state index contributed by atoms with van der Waals surface area (Å²) in [6, 6.07) is 5.20. The number of hydrogen-bond donors (Lipinski definition) is 2. The van der Waals surface area contributed by atoms with Gasteiger partial charge in [0.2, 0.25) is 0 Å². The molecule has 0 bridgehead atoms. The Bertz CT molecular complexity index is 661. The van der Waals surface area contributed by atoms with Crippen LogP contribution >= 0.6 is 12.2 Å². The molecule has 1 fully saturated rings. The SMILES string of the molecule is COc1cc(C=C2C(=O)NC(=S)NC2=O)ccc1OCC(C)C. The molecule has 0 unspecified atom stereocenters. The minimum atomic E-state index is -0.530. The van der Waals surface area contributed by atoms with Gasteiger partial charge in [0.1, 0.15) is 5.57 Å². The molecule has 122 valence electrons. The molecule has 7 heteroatoms. The van der Waals surface area contributed by atoms with Crippen LogP contribution in [0.5, 0.6) is 11.5 Å². The Labute approximate surface area is 139 Å². The highest BCUT2D eigenvalue weighted by Gasteiger charge is 2.25. The molecular formula is C16H18N2O4S. The molecular weight excluding hydrogens is 316 g/mol. The second-order valence-electron chi connectivity index (χ2n) is 5.41. The van der Waals surface area contributed by atoms with Crippen LogP contribution in [-0.4, -0.2) is 30.6 Å². The number of methoxy groups -OCH3 is 1. The van der Waals surface area contributed by atoms with Crippen LogP contribution < -0.4 is 20.1 Å². The van der Waals surface area contributed by atoms with Crippen molar-refractivity contribution in [1.29, 1.82) is 0 Å². The second kappa shape index (κ2) is 7.23. The molecule has 2 N–H and O–H groups in total. The number of thiocarbonyl (C=S) groups is 1. The number of benzene rings is 1. The Balaban J connectivity index is 2.26. The van der Waals surface area contributed by atoms with Gasteiger partial charge in [-0.15, -0.1) is 0 Å². The number of carbonyl (C=O) groups excluding carboxylic acids is 2. The standard InChI is InChI=1S/C16H18N2O4S/c1-9(2)8-22-12-5-4-10(7-13(12)21-3)6-11-14(19)17-16(23)18-15(11)20/h4-7,9H,8H2,1-3H3,(H2,17,18,19,20,23). The van der Waals surface area contributed by atoms with Gasteiger partial charge in [0.05, 0.1) is 13.7 Å². The van der Waals surface area contributed by atoms with Gasteiger partial charge in [0, 0.05) is 0 Å². The van der Waals surface area contributed by atoms with Gasteiger partial charge in [0.15, 0.2) is 16.6 Å². The quantitative estimate of drug-likeness (QED) is 0.486. The summed E-state index contributed by atoms with van der Waals surface area (Å²) in [6.07, 6.45) is 1.47. The number of amides is 2. The third-order valence-corrected chi connectivity index (χ3v) is 3.22. The minimum absolute atomic E-state index is 0.00663. The maximum atomic E-state index is 11.8. The predicted octanol–water partition coefficient (Wildman–Crippen LogP) is 1.64. The third-order valence-electron chi connectivity index (χ3n) is 3.01. The summed E-state index contributed by atoms with van der Waals surface area (Å²) in [5, 5.41) is 4.78. The smallest absolute Gasteiger partial charge is 0.263 e. The van der Waals surface area contributed by atoms with Crippen LogP contribution in [0.1, 0.15) is 19.4 Å². The molecule has 1 aliphatic rings. The summed E-state index contributed by atoms with van der Waals surface area (Å²) in [7, 11) is 1.53. The first-order chi connectivity index (χ1) is 10.9. The summed E-state index contributed by atoms with van der Waals surface area (Å²) in [5.41, 5.74) is 0.628. The maximum absolute atomic E-state index is 11.8. The highest BCUT2D eigenvalue weighted by Crippen LogP contribution is 2.29. The lowest BCUT2D eigenvalue weighted by atomic mass is 10.1. The number of nitrogens with one attached hydrogen (secondary N) is 2. The zero-order valence-electron chi connectivity index (χ0n) is 13.1. The molecule has 1 heterocycles. The van der Waals surface area contributed by atoms with Crippen molar-refractivity contribution in [2.45, 2.75) is 13.8 Å². The normalized spacial score (nSPS) is 14.4. The van der Waals surface area contributed by atoms with Crippen molar-refractivity contribution in [3.05, 3.63) is 29.3 Å². The largest absolute Gasteiger partial charge is 0.493 e. The molecule has 0 aromatic heterocycles. The highest BCUT2D eigenvalue weighted by atomic mass is 32.1. The Morgan fingerprint density at radius 3 is 2.39 bits per heavy atom. The van der Waals surface area contributed by atoms with Crippen molar-refractivity contribution in [3.63, 3.8) is 0 Å². The molecule has 1 aromatic carbocycles. The summed E-state index contributed by atoms with van der Waals surface area (Å²) in [5.74, 6) is 0.477. The first kappa shape index (κ1) is 17.0. The van der Waals surface area contributed by atoms with Gasteiger partial charge >= 0.3 is 0 Å². The summed E-state index contributed by atoms with van der Waals surface area (Å²) in [4.78, 5) is 23.7. The van der Waals surface area contributed by atoms with Gasteiger partial charge in [-0.3, -0.25) is 20.2 Å². The average molecular weight is 334 g/mol. The van der Waals surface area contributed by atoms with Crippen LogP contribution in [0.2, 0.25) is 0 Å². The van der Waals surface area contributed by atoms with E-state index in [-0.39, 0.29) is 10.7 Å². The Morgan fingerprint density at radius 1 is 1.17 bits per heavy atom. The van der Waals surface area contributed by atoms with Gasteiger partial charge in [-0.2, -0.15) is 0 Å². The fraction of sp³-hybridized carbons (Fsp3) is 0.312. The lowest BCUT2D eigenvalue weighted by molar-refractivity contribution is -0.123. The molecule has 0 spiro atoms. The predicted molar refractivity (Wildman–Crippen MR) is 90.2 cm³/mol. The number of hydrogen-bond acceptors (Lipinski definition) is 5. The Morgan fingerprint density at radius 2 is 1.83 bits per heavy atom. The van der Waals surface area contributed by atoms with Gasteiger partial charge in [0.25, 0.3) is 11.8 Å². The molecule has 1 saturated heterocycles. The molecule has 1 aromatic rings. The zero-order valence-corrected chi connectivity index (χ0v) is 14.0. The first-order valence-electron chi connectivity index (χ1n) is 7.10. The Kier molecular flexibility index (Phi) is 5.33. The number of rotatable bonds is 5. The maximum Gasteiger partial charge on any atom is 0.263 e. The number of ether oxygens (including phenoxy) is 2. The van der Waals surface area contributed by atoms with E-state index in [2.05, 4.69) is 24.5 Å². The molecule has 0 saturated carbocycles. The average Bonchev–Trinajstić information content (AvgIpc) is 2.49. The van der Waals surface area contributed by atoms with E-state index in [1.54, 1.807) is 18.2 Å². The van der Waals surface area contributed by atoms with E-state index in [0.29, 0.717) is 29.6 Å². The molecule has 1 aliphatic heterocycles. The van der Waals surface area contributed by atoms with Crippen molar-refractivity contribution < 1.29 is 19.1 Å². The topological polar surface area (TPSA) is 76.7 Å². The summed E-state index contributed by atoms with van der Waals surface area (Å²) < 4.78 is 11.0. The van der Waals surface area contributed by atoms with Crippen LogP contribution in [0.25, 0.3) is 6.08 Å². The van der Waals surface area contributed by atoms with Gasteiger partial charge < -0.3 is 9.47 Å². The minimum Gasteiger partial charge on any atom is -0.493 e. The molecule has 2 amide bonds. The van der Waals surface area contributed by atoms with Crippen LogP contribution in [0.4, 0.5) is 0 Å². The van der Waals surface area contributed by atoms with E-state index in [9.17, 15) is 9.59 Å². The van der Waals surface area contributed by atoms with E-state index >= 15 is 0 Å². The zero-order chi connectivity index (χ0) is 17.0. The molecule has 0 radical (unpaired) electrons.